The Bertz CT molecular complexity index is 886. The predicted octanol–water partition coefficient (Wildman–Crippen LogP) is 4.00. The van der Waals surface area contributed by atoms with Crippen molar-refractivity contribution in [2.75, 3.05) is 18.5 Å². The summed E-state index contributed by atoms with van der Waals surface area (Å²) in [7, 11) is 0. The number of ether oxygens (including phenoxy) is 2. The Balaban J connectivity index is 1.19. The minimum absolute atomic E-state index is 0.187. The van der Waals surface area contributed by atoms with Crippen molar-refractivity contribution in [3.8, 4) is 5.88 Å². The molecule has 0 spiro atoms. The van der Waals surface area contributed by atoms with Gasteiger partial charge < -0.3 is 14.8 Å². The second-order valence-corrected chi connectivity index (χ2v) is 8.20. The molecule has 2 aromatic heterocycles. The van der Waals surface area contributed by atoms with E-state index in [-0.39, 0.29) is 6.10 Å². The maximum absolute atomic E-state index is 6.19. The molecule has 0 atom stereocenters. The van der Waals surface area contributed by atoms with Crippen molar-refractivity contribution >= 4 is 26.7 Å². The third-order valence-corrected chi connectivity index (χ3v) is 6.26. The maximum Gasteiger partial charge on any atom is 0.236 e. The normalized spacial score (nSPS) is 23.1. The largest absolute Gasteiger partial charge is 0.473 e. The summed E-state index contributed by atoms with van der Waals surface area (Å²) in [5.41, 5.74) is 2.04. The van der Waals surface area contributed by atoms with Gasteiger partial charge in [-0.3, -0.25) is 4.98 Å². The smallest absolute Gasteiger partial charge is 0.236 e. The van der Waals surface area contributed by atoms with Crippen LogP contribution in [0.25, 0.3) is 10.2 Å². The monoisotopic (exact) mass is 382 g/mol. The number of hydrogen-bond acceptors (Lipinski definition) is 7. The maximum atomic E-state index is 6.19. The average molecular weight is 382 g/mol. The molecule has 0 bridgehead atoms. The van der Waals surface area contributed by atoms with Crippen LogP contribution in [-0.2, 0) is 4.74 Å². The fourth-order valence-corrected chi connectivity index (χ4v) is 4.67. The number of aromatic nitrogens is 3. The van der Waals surface area contributed by atoms with Gasteiger partial charge in [-0.2, -0.15) is 0 Å². The molecule has 1 aliphatic carbocycles. The Morgan fingerprint density at radius 3 is 2.74 bits per heavy atom. The van der Waals surface area contributed by atoms with Gasteiger partial charge in [0, 0.05) is 50.4 Å². The Kier molecular flexibility index (Phi) is 4.63. The highest BCUT2D eigenvalue weighted by Crippen LogP contribution is 2.35. The molecule has 1 saturated heterocycles. The first-order valence-electron chi connectivity index (χ1n) is 9.52. The van der Waals surface area contributed by atoms with Gasteiger partial charge >= 0.3 is 0 Å². The van der Waals surface area contributed by atoms with Crippen LogP contribution >= 0.6 is 11.3 Å². The molecule has 2 aliphatic rings. The zero-order valence-electron chi connectivity index (χ0n) is 15.0. The predicted molar refractivity (Wildman–Crippen MR) is 106 cm³/mol. The van der Waals surface area contributed by atoms with Crippen molar-refractivity contribution in [2.24, 2.45) is 0 Å². The van der Waals surface area contributed by atoms with E-state index in [1.807, 2.05) is 6.07 Å². The summed E-state index contributed by atoms with van der Waals surface area (Å²) in [4.78, 5) is 13.7. The summed E-state index contributed by atoms with van der Waals surface area (Å²) in [6.07, 6.45) is 7.55. The molecule has 0 amide bonds. The van der Waals surface area contributed by atoms with E-state index in [4.69, 9.17) is 9.47 Å². The first-order chi connectivity index (χ1) is 13.3. The lowest BCUT2D eigenvalue weighted by Gasteiger charge is -2.36. The van der Waals surface area contributed by atoms with E-state index in [1.165, 1.54) is 4.70 Å². The average Bonchev–Trinajstić information content (AvgIpc) is 3.10. The molecule has 3 aromatic rings. The summed E-state index contributed by atoms with van der Waals surface area (Å²) in [5.74, 6) is 1.09. The standard InChI is InChI=1S/C20H22N4O2S/c1-2-4-17-16(3-1)24-20(27-17)23-14-11-15(12-14)26-19-18(21-7-8-22-19)13-5-9-25-10-6-13/h1-4,7-8,13-15H,5-6,9-12H2,(H,23,24). The number of rotatable bonds is 5. The highest BCUT2D eigenvalue weighted by molar-refractivity contribution is 7.22. The van der Waals surface area contributed by atoms with Crippen molar-refractivity contribution in [3.63, 3.8) is 0 Å². The fraction of sp³-hybridized carbons (Fsp3) is 0.450. The molecule has 1 aliphatic heterocycles. The van der Waals surface area contributed by atoms with E-state index in [2.05, 4.69) is 38.5 Å². The van der Waals surface area contributed by atoms with Crippen LogP contribution in [0, 0.1) is 0 Å². The van der Waals surface area contributed by atoms with Crippen molar-refractivity contribution in [2.45, 2.75) is 43.7 Å². The molecule has 2 fully saturated rings. The third kappa shape index (κ3) is 3.61. The Labute approximate surface area is 162 Å². The van der Waals surface area contributed by atoms with Gasteiger partial charge in [0.2, 0.25) is 5.88 Å². The van der Waals surface area contributed by atoms with Gasteiger partial charge in [0.1, 0.15) is 11.8 Å². The Morgan fingerprint density at radius 1 is 1.07 bits per heavy atom. The molecule has 27 heavy (non-hydrogen) atoms. The van der Waals surface area contributed by atoms with E-state index in [1.54, 1.807) is 23.7 Å². The van der Waals surface area contributed by atoms with Crippen molar-refractivity contribution in [3.05, 3.63) is 42.4 Å². The minimum atomic E-state index is 0.187. The molecule has 6 nitrogen and oxygen atoms in total. The molecule has 1 N–H and O–H groups in total. The lowest BCUT2D eigenvalue weighted by molar-refractivity contribution is 0.0780. The van der Waals surface area contributed by atoms with Crippen LogP contribution in [0.3, 0.4) is 0 Å². The minimum Gasteiger partial charge on any atom is -0.473 e. The van der Waals surface area contributed by atoms with Crippen LogP contribution < -0.4 is 10.1 Å². The van der Waals surface area contributed by atoms with E-state index in [0.29, 0.717) is 17.8 Å². The van der Waals surface area contributed by atoms with E-state index in [9.17, 15) is 0 Å². The first-order valence-corrected chi connectivity index (χ1v) is 10.3. The number of nitrogens with one attached hydrogen (secondary N) is 1. The molecule has 140 valence electrons. The van der Waals surface area contributed by atoms with Crippen LogP contribution in [0.1, 0.15) is 37.3 Å². The van der Waals surface area contributed by atoms with Crippen LogP contribution in [0.5, 0.6) is 5.88 Å². The molecule has 0 unspecified atom stereocenters. The number of fused-ring (bicyclic) bond motifs is 1. The summed E-state index contributed by atoms with van der Waals surface area (Å²) < 4.78 is 12.9. The molecular formula is C20H22N4O2S. The van der Waals surface area contributed by atoms with E-state index in [0.717, 1.165) is 55.2 Å². The van der Waals surface area contributed by atoms with Gasteiger partial charge in [-0.25, -0.2) is 9.97 Å². The molecule has 1 aromatic carbocycles. The van der Waals surface area contributed by atoms with Gasteiger partial charge in [-0.05, 0) is 25.0 Å². The van der Waals surface area contributed by atoms with Crippen molar-refractivity contribution in [1.29, 1.82) is 0 Å². The fourth-order valence-electron chi connectivity index (χ4n) is 3.72. The number of anilines is 1. The summed E-state index contributed by atoms with van der Waals surface area (Å²) in [5, 5.41) is 4.52. The topological polar surface area (TPSA) is 69.2 Å². The zero-order valence-corrected chi connectivity index (χ0v) is 15.8. The number of nitrogens with zero attached hydrogens (tertiary/aromatic N) is 3. The number of hydrogen-bond donors (Lipinski definition) is 1. The summed E-state index contributed by atoms with van der Waals surface area (Å²) in [6, 6.07) is 8.63. The second-order valence-electron chi connectivity index (χ2n) is 7.17. The number of para-hydroxylation sites is 1. The second kappa shape index (κ2) is 7.40. The van der Waals surface area contributed by atoms with E-state index < -0.39 is 0 Å². The Morgan fingerprint density at radius 2 is 1.89 bits per heavy atom. The van der Waals surface area contributed by atoms with Gasteiger partial charge in [-0.15, -0.1) is 0 Å². The lowest BCUT2D eigenvalue weighted by Crippen LogP contribution is -2.42. The van der Waals surface area contributed by atoms with Crippen LogP contribution in [0.2, 0.25) is 0 Å². The SMILES string of the molecule is c1ccc2sc(NC3CC(Oc4nccnc4C4CCOCC4)C3)nc2c1. The van der Waals surface area contributed by atoms with Crippen LogP contribution in [0.15, 0.2) is 36.7 Å². The molecule has 0 radical (unpaired) electrons. The van der Waals surface area contributed by atoms with E-state index >= 15 is 0 Å². The third-order valence-electron chi connectivity index (χ3n) is 5.29. The molecule has 1 saturated carbocycles. The quantitative estimate of drug-likeness (QED) is 0.719. The number of thiazole rings is 1. The number of benzene rings is 1. The van der Waals surface area contributed by atoms with Gasteiger partial charge in [-0.1, -0.05) is 23.5 Å². The van der Waals surface area contributed by atoms with Crippen molar-refractivity contribution in [1.82, 2.24) is 15.0 Å². The van der Waals surface area contributed by atoms with Gasteiger partial charge in [0.05, 0.1) is 10.2 Å². The highest BCUT2D eigenvalue weighted by Gasteiger charge is 2.33. The van der Waals surface area contributed by atoms with Gasteiger partial charge in [0.25, 0.3) is 0 Å². The molecule has 5 rings (SSSR count). The summed E-state index contributed by atoms with van der Waals surface area (Å²) in [6.45, 7) is 1.58. The molecule has 3 heterocycles. The van der Waals surface area contributed by atoms with Crippen LogP contribution in [0.4, 0.5) is 5.13 Å². The first kappa shape index (κ1) is 16.9. The zero-order chi connectivity index (χ0) is 18.1. The van der Waals surface area contributed by atoms with Crippen molar-refractivity contribution < 1.29 is 9.47 Å². The highest BCUT2D eigenvalue weighted by atomic mass is 32.1. The summed E-state index contributed by atoms with van der Waals surface area (Å²) >= 11 is 1.70. The van der Waals surface area contributed by atoms with Crippen LogP contribution in [-0.4, -0.2) is 40.3 Å². The Hall–Kier alpha value is -2.25. The molecule has 7 heteroatoms. The lowest BCUT2D eigenvalue weighted by atomic mass is 9.89. The molecular weight excluding hydrogens is 360 g/mol. The van der Waals surface area contributed by atoms with Gasteiger partial charge in [0.15, 0.2) is 5.13 Å².